The van der Waals surface area contributed by atoms with Crippen molar-refractivity contribution in [2.45, 2.75) is 78.7 Å². The van der Waals surface area contributed by atoms with Crippen LogP contribution in [-0.2, 0) is 29.3 Å². The molecule has 2 rings (SSSR count). The number of aliphatic hydroxyl groups is 1. The maximum absolute atomic E-state index is 13.2. The molecule has 0 bridgehead atoms. The number of ketones is 1. The summed E-state index contributed by atoms with van der Waals surface area (Å²) in [7, 11) is 0. The molecule has 1 aromatic rings. The molecule has 0 saturated heterocycles. The molecule has 4 atom stereocenters. The molecule has 1 aromatic carbocycles. The standard InChI is InChI=1S/C27H40O6/c1-16(2)14-32-24(29)22-20(28)13-27(8,31)23(25(30)33-15-17(3)4)21(22)18-9-11-19(12-10-18)26(5,6)7/h9-12,16-17,21-23,31H,13-15H2,1-8H3/t21-,22+,23+,27+/m1/s1. The van der Waals surface area contributed by atoms with E-state index in [1.54, 1.807) is 0 Å². The van der Waals surface area contributed by atoms with Gasteiger partial charge < -0.3 is 14.6 Å². The first-order valence-electron chi connectivity index (χ1n) is 11.8. The van der Waals surface area contributed by atoms with Crippen LogP contribution in [0.3, 0.4) is 0 Å². The van der Waals surface area contributed by atoms with E-state index < -0.39 is 41.1 Å². The summed E-state index contributed by atoms with van der Waals surface area (Å²) in [5.74, 6) is -4.61. The van der Waals surface area contributed by atoms with E-state index in [-0.39, 0.29) is 36.9 Å². The topological polar surface area (TPSA) is 89.9 Å². The molecule has 0 unspecified atom stereocenters. The molecule has 33 heavy (non-hydrogen) atoms. The van der Waals surface area contributed by atoms with Gasteiger partial charge >= 0.3 is 11.9 Å². The van der Waals surface area contributed by atoms with E-state index in [0.717, 1.165) is 5.56 Å². The van der Waals surface area contributed by atoms with Gasteiger partial charge in [0, 0.05) is 12.3 Å². The minimum Gasteiger partial charge on any atom is -0.465 e. The smallest absolute Gasteiger partial charge is 0.317 e. The summed E-state index contributed by atoms with van der Waals surface area (Å²) in [6.07, 6.45) is -0.313. The number of ether oxygens (including phenoxy) is 2. The zero-order valence-electron chi connectivity index (χ0n) is 21.3. The summed E-state index contributed by atoms with van der Waals surface area (Å²) in [6.45, 7) is 15.8. The Balaban J connectivity index is 2.56. The molecule has 1 aliphatic carbocycles. The summed E-state index contributed by atoms with van der Waals surface area (Å²) in [5.41, 5.74) is -0.0161. The number of benzene rings is 1. The average molecular weight is 461 g/mol. The van der Waals surface area contributed by atoms with Gasteiger partial charge in [0.2, 0.25) is 0 Å². The third kappa shape index (κ3) is 6.66. The maximum atomic E-state index is 13.2. The molecule has 1 aliphatic rings. The largest absolute Gasteiger partial charge is 0.465 e. The van der Waals surface area contributed by atoms with Gasteiger partial charge in [-0.1, -0.05) is 72.7 Å². The number of hydrogen-bond donors (Lipinski definition) is 1. The van der Waals surface area contributed by atoms with Crippen molar-refractivity contribution in [1.82, 2.24) is 0 Å². The van der Waals surface area contributed by atoms with Crippen LogP contribution in [0.4, 0.5) is 0 Å². The van der Waals surface area contributed by atoms with E-state index >= 15 is 0 Å². The first-order valence-corrected chi connectivity index (χ1v) is 11.8. The lowest BCUT2D eigenvalue weighted by molar-refractivity contribution is -0.173. The summed E-state index contributed by atoms with van der Waals surface area (Å²) < 4.78 is 11.0. The second kappa shape index (κ2) is 10.4. The van der Waals surface area contributed by atoms with E-state index in [0.29, 0.717) is 5.56 Å². The Bertz CT molecular complexity index is 844. The Kier molecular flexibility index (Phi) is 8.50. The summed E-state index contributed by atoms with van der Waals surface area (Å²) in [4.78, 5) is 39.4. The lowest BCUT2D eigenvalue weighted by Crippen LogP contribution is -2.55. The fourth-order valence-electron chi connectivity index (χ4n) is 4.30. The quantitative estimate of drug-likeness (QED) is 0.478. The molecule has 6 heteroatoms. The predicted molar refractivity (Wildman–Crippen MR) is 127 cm³/mol. The Hall–Kier alpha value is -2.21. The maximum Gasteiger partial charge on any atom is 0.317 e. The minimum absolute atomic E-state index is 0.0857. The van der Waals surface area contributed by atoms with Gasteiger partial charge in [0.25, 0.3) is 0 Å². The van der Waals surface area contributed by atoms with Crippen molar-refractivity contribution >= 4 is 17.7 Å². The molecule has 1 saturated carbocycles. The van der Waals surface area contributed by atoms with E-state index in [1.165, 1.54) is 6.92 Å². The van der Waals surface area contributed by atoms with Crippen LogP contribution in [0.15, 0.2) is 24.3 Å². The number of rotatable bonds is 7. The summed E-state index contributed by atoms with van der Waals surface area (Å²) in [6, 6.07) is 7.56. The van der Waals surface area contributed by atoms with Crippen LogP contribution in [0.1, 0.15) is 78.9 Å². The van der Waals surface area contributed by atoms with Crippen molar-refractivity contribution < 1.29 is 29.0 Å². The summed E-state index contributed by atoms with van der Waals surface area (Å²) >= 11 is 0. The van der Waals surface area contributed by atoms with Crippen molar-refractivity contribution in [2.75, 3.05) is 13.2 Å². The normalized spacial score (nSPS) is 25.9. The van der Waals surface area contributed by atoms with Crippen molar-refractivity contribution in [2.24, 2.45) is 23.7 Å². The highest BCUT2D eigenvalue weighted by atomic mass is 16.5. The van der Waals surface area contributed by atoms with Crippen molar-refractivity contribution in [1.29, 1.82) is 0 Å². The Morgan fingerprint density at radius 3 is 1.94 bits per heavy atom. The fourth-order valence-corrected chi connectivity index (χ4v) is 4.30. The first-order chi connectivity index (χ1) is 15.1. The molecule has 6 nitrogen and oxygen atoms in total. The molecule has 0 radical (unpaired) electrons. The summed E-state index contributed by atoms with van der Waals surface area (Å²) in [5, 5.41) is 11.2. The minimum atomic E-state index is -1.65. The molecular weight excluding hydrogens is 420 g/mol. The molecule has 0 amide bonds. The van der Waals surface area contributed by atoms with Crippen LogP contribution >= 0.6 is 0 Å². The van der Waals surface area contributed by atoms with Crippen molar-refractivity contribution in [3.8, 4) is 0 Å². The zero-order chi connectivity index (χ0) is 25.1. The van der Waals surface area contributed by atoms with Crippen molar-refractivity contribution in [3.63, 3.8) is 0 Å². The van der Waals surface area contributed by atoms with Crippen LogP contribution < -0.4 is 0 Å². The van der Waals surface area contributed by atoms with Gasteiger partial charge in [-0.15, -0.1) is 0 Å². The molecule has 184 valence electrons. The van der Waals surface area contributed by atoms with Crippen LogP contribution in [0, 0.1) is 23.7 Å². The van der Waals surface area contributed by atoms with E-state index in [1.807, 2.05) is 52.0 Å². The van der Waals surface area contributed by atoms with Gasteiger partial charge in [0.1, 0.15) is 5.92 Å². The van der Waals surface area contributed by atoms with Crippen LogP contribution in [0.2, 0.25) is 0 Å². The Morgan fingerprint density at radius 2 is 1.48 bits per heavy atom. The molecule has 0 heterocycles. The number of Topliss-reactive ketones (excluding diaryl/α,β-unsaturated/α-hetero) is 1. The second-order valence-corrected chi connectivity index (χ2v) is 11.4. The number of carbonyl (C=O) groups excluding carboxylic acids is 3. The van der Waals surface area contributed by atoms with E-state index in [2.05, 4.69) is 20.8 Å². The highest BCUT2D eigenvalue weighted by Crippen LogP contribution is 2.47. The number of esters is 2. The lowest BCUT2D eigenvalue weighted by atomic mass is 9.61. The second-order valence-electron chi connectivity index (χ2n) is 11.4. The molecule has 0 spiro atoms. The molecule has 1 N–H and O–H groups in total. The monoisotopic (exact) mass is 460 g/mol. The zero-order valence-corrected chi connectivity index (χ0v) is 21.3. The molecule has 1 fully saturated rings. The van der Waals surface area contributed by atoms with Crippen LogP contribution in [-0.4, -0.2) is 41.6 Å². The fraction of sp³-hybridized carbons (Fsp3) is 0.667. The number of carbonyl (C=O) groups is 3. The van der Waals surface area contributed by atoms with Gasteiger partial charge in [-0.2, -0.15) is 0 Å². The predicted octanol–water partition coefficient (Wildman–Crippen LogP) is 4.42. The van der Waals surface area contributed by atoms with Crippen molar-refractivity contribution in [3.05, 3.63) is 35.4 Å². The highest BCUT2D eigenvalue weighted by Gasteiger charge is 2.57. The third-order valence-corrected chi connectivity index (χ3v) is 6.05. The van der Waals surface area contributed by atoms with E-state index in [9.17, 15) is 19.5 Å². The van der Waals surface area contributed by atoms with Crippen LogP contribution in [0.5, 0.6) is 0 Å². The number of hydrogen-bond acceptors (Lipinski definition) is 6. The third-order valence-electron chi connectivity index (χ3n) is 6.05. The molecular formula is C27H40O6. The molecule has 0 aliphatic heterocycles. The average Bonchev–Trinajstić information content (AvgIpc) is 2.68. The highest BCUT2D eigenvalue weighted by molar-refractivity contribution is 6.02. The Labute approximate surface area is 198 Å². The van der Waals surface area contributed by atoms with Gasteiger partial charge in [0.05, 0.1) is 24.7 Å². The van der Waals surface area contributed by atoms with Crippen LogP contribution in [0.25, 0.3) is 0 Å². The van der Waals surface area contributed by atoms with Gasteiger partial charge in [0.15, 0.2) is 5.78 Å². The van der Waals surface area contributed by atoms with Gasteiger partial charge in [-0.3, -0.25) is 14.4 Å². The first kappa shape index (κ1) is 27.0. The molecule has 0 aromatic heterocycles. The Morgan fingerprint density at radius 1 is 1.00 bits per heavy atom. The van der Waals surface area contributed by atoms with Gasteiger partial charge in [-0.25, -0.2) is 0 Å². The van der Waals surface area contributed by atoms with Gasteiger partial charge in [-0.05, 0) is 35.3 Å². The van der Waals surface area contributed by atoms with E-state index in [4.69, 9.17) is 9.47 Å². The lowest BCUT2D eigenvalue weighted by Gasteiger charge is -2.43. The SMILES string of the molecule is CC(C)COC(=O)[C@H]1C(=O)C[C@](C)(O)[C@H](C(=O)OCC(C)C)[C@@H]1c1ccc(C(C)(C)C)cc1.